The molecule has 0 amide bonds. The first kappa shape index (κ1) is 14.3. The van der Waals surface area contributed by atoms with Crippen molar-refractivity contribution >= 4 is 0 Å². The van der Waals surface area contributed by atoms with Crippen molar-refractivity contribution < 1.29 is 13.9 Å². The lowest BCUT2D eigenvalue weighted by atomic mass is 9.98. The van der Waals surface area contributed by atoms with E-state index in [1.807, 2.05) is 31.2 Å². The smallest absolute Gasteiger partial charge is 0.124 e. The van der Waals surface area contributed by atoms with E-state index >= 15 is 0 Å². The molecule has 1 unspecified atom stereocenters. The van der Waals surface area contributed by atoms with E-state index in [0.29, 0.717) is 17.9 Å². The fourth-order valence-corrected chi connectivity index (χ4v) is 2.09. The maximum atomic E-state index is 13.4. The number of halogens is 1. The molecule has 0 radical (unpaired) electrons. The van der Waals surface area contributed by atoms with E-state index in [1.54, 1.807) is 13.2 Å². The van der Waals surface area contributed by atoms with Crippen LogP contribution in [0, 0.1) is 5.82 Å². The summed E-state index contributed by atoms with van der Waals surface area (Å²) in [7, 11) is 1.54. The molecule has 3 nitrogen and oxygen atoms in total. The van der Waals surface area contributed by atoms with E-state index in [-0.39, 0.29) is 5.82 Å². The molecule has 0 spiro atoms. The molecule has 0 saturated carbocycles. The highest BCUT2D eigenvalue weighted by Gasteiger charge is 2.15. The summed E-state index contributed by atoms with van der Waals surface area (Å²) in [6.45, 7) is 2.50. The molecule has 106 valence electrons. The predicted molar refractivity (Wildman–Crippen MR) is 76.6 cm³/mol. The first-order valence-corrected chi connectivity index (χ1v) is 6.47. The van der Waals surface area contributed by atoms with Crippen molar-refractivity contribution in [1.29, 1.82) is 0 Å². The van der Waals surface area contributed by atoms with E-state index in [4.69, 9.17) is 15.2 Å². The Morgan fingerprint density at radius 2 is 2.00 bits per heavy atom. The van der Waals surface area contributed by atoms with Gasteiger partial charge < -0.3 is 15.2 Å². The number of ether oxygens (including phenoxy) is 2. The van der Waals surface area contributed by atoms with Crippen molar-refractivity contribution in [3.05, 3.63) is 59.4 Å². The third-order valence-corrected chi connectivity index (χ3v) is 3.06. The monoisotopic (exact) mass is 275 g/mol. The molecule has 0 saturated heterocycles. The normalized spacial score (nSPS) is 12.0. The standard InChI is InChI=1S/C16H18FNO2/c1-3-20-13-6-4-5-11(9-13)16(18)14-10-12(17)7-8-15(14)19-2/h4-10,16H,3,18H2,1-2H3. The maximum Gasteiger partial charge on any atom is 0.124 e. The van der Waals surface area contributed by atoms with Crippen molar-refractivity contribution in [3.63, 3.8) is 0 Å². The molecule has 2 aromatic carbocycles. The van der Waals surface area contributed by atoms with E-state index in [1.165, 1.54) is 12.1 Å². The minimum absolute atomic E-state index is 0.336. The topological polar surface area (TPSA) is 44.5 Å². The zero-order valence-electron chi connectivity index (χ0n) is 11.6. The summed E-state index contributed by atoms with van der Waals surface area (Å²) in [6, 6.07) is 11.3. The Morgan fingerprint density at radius 3 is 2.70 bits per heavy atom. The van der Waals surface area contributed by atoms with Gasteiger partial charge in [0.25, 0.3) is 0 Å². The van der Waals surface area contributed by atoms with Gasteiger partial charge in [-0.25, -0.2) is 4.39 Å². The Kier molecular flexibility index (Phi) is 4.58. The van der Waals surface area contributed by atoms with Crippen LogP contribution in [-0.2, 0) is 0 Å². The second-order valence-corrected chi connectivity index (χ2v) is 4.37. The van der Waals surface area contributed by atoms with Crippen LogP contribution >= 0.6 is 0 Å². The molecule has 20 heavy (non-hydrogen) atoms. The Bertz CT molecular complexity index is 586. The number of benzene rings is 2. The molecule has 0 aromatic heterocycles. The van der Waals surface area contributed by atoms with Crippen LogP contribution in [0.15, 0.2) is 42.5 Å². The number of nitrogens with two attached hydrogens (primary N) is 1. The zero-order valence-corrected chi connectivity index (χ0v) is 11.6. The summed E-state index contributed by atoms with van der Waals surface area (Å²) >= 11 is 0. The largest absolute Gasteiger partial charge is 0.496 e. The predicted octanol–water partition coefficient (Wildman–Crippen LogP) is 3.28. The summed E-state index contributed by atoms with van der Waals surface area (Å²) < 4.78 is 24.1. The summed E-state index contributed by atoms with van der Waals surface area (Å²) in [5.74, 6) is 0.980. The molecule has 0 fully saturated rings. The Morgan fingerprint density at radius 1 is 1.20 bits per heavy atom. The fraction of sp³-hybridized carbons (Fsp3) is 0.250. The minimum atomic E-state index is -0.471. The second kappa shape index (κ2) is 6.39. The van der Waals surface area contributed by atoms with Crippen LogP contribution < -0.4 is 15.2 Å². The molecule has 1 atom stereocenters. The van der Waals surface area contributed by atoms with E-state index < -0.39 is 6.04 Å². The summed E-state index contributed by atoms with van der Waals surface area (Å²) in [5.41, 5.74) is 7.68. The van der Waals surface area contributed by atoms with Gasteiger partial charge in [0.1, 0.15) is 17.3 Å². The second-order valence-electron chi connectivity index (χ2n) is 4.37. The van der Waals surface area contributed by atoms with E-state index in [2.05, 4.69) is 0 Å². The lowest BCUT2D eigenvalue weighted by Gasteiger charge is -2.17. The Balaban J connectivity index is 2.37. The van der Waals surface area contributed by atoms with Crippen LogP contribution in [0.5, 0.6) is 11.5 Å². The first-order valence-electron chi connectivity index (χ1n) is 6.47. The van der Waals surface area contributed by atoms with Gasteiger partial charge in [-0.3, -0.25) is 0 Å². The Labute approximate surface area is 118 Å². The molecule has 2 N–H and O–H groups in total. The van der Waals surface area contributed by atoms with Crippen LogP contribution in [0.3, 0.4) is 0 Å². The molecule has 0 bridgehead atoms. The van der Waals surface area contributed by atoms with E-state index in [0.717, 1.165) is 11.3 Å². The van der Waals surface area contributed by atoms with Gasteiger partial charge in [-0.15, -0.1) is 0 Å². The van der Waals surface area contributed by atoms with Crippen LogP contribution in [0.4, 0.5) is 4.39 Å². The molecule has 0 aliphatic carbocycles. The highest BCUT2D eigenvalue weighted by atomic mass is 19.1. The fourth-order valence-electron chi connectivity index (χ4n) is 2.09. The van der Waals surface area contributed by atoms with Crippen molar-refractivity contribution in [2.75, 3.05) is 13.7 Å². The molecular formula is C16H18FNO2. The van der Waals surface area contributed by atoms with Crippen molar-refractivity contribution in [3.8, 4) is 11.5 Å². The van der Waals surface area contributed by atoms with Crippen molar-refractivity contribution in [2.45, 2.75) is 13.0 Å². The molecule has 2 aromatic rings. The zero-order chi connectivity index (χ0) is 14.5. The summed E-state index contributed by atoms with van der Waals surface area (Å²) in [6.07, 6.45) is 0. The molecule has 0 aliphatic heterocycles. The molecular weight excluding hydrogens is 257 g/mol. The van der Waals surface area contributed by atoms with Gasteiger partial charge in [-0.2, -0.15) is 0 Å². The van der Waals surface area contributed by atoms with Crippen molar-refractivity contribution in [1.82, 2.24) is 0 Å². The van der Waals surface area contributed by atoms with E-state index in [9.17, 15) is 4.39 Å². The highest BCUT2D eigenvalue weighted by molar-refractivity contribution is 5.43. The van der Waals surface area contributed by atoms with Crippen LogP contribution in [0.25, 0.3) is 0 Å². The van der Waals surface area contributed by atoms with Gasteiger partial charge in [0, 0.05) is 5.56 Å². The van der Waals surface area contributed by atoms with Gasteiger partial charge in [0.15, 0.2) is 0 Å². The molecule has 0 heterocycles. The van der Waals surface area contributed by atoms with Crippen molar-refractivity contribution in [2.24, 2.45) is 5.73 Å². The first-order chi connectivity index (χ1) is 9.65. The SMILES string of the molecule is CCOc1cccc(C(N)c2cc(F)ccc2OC)c1. The molecule has 0 aliphatic rings. The average Bonchev–Trinajstić information content (AvgIpc) is 2.47. The average molecular weight is 275 g/mol. The molecule has 4 heteroatoms. The van der Waals surface area contributed by atoms with Gasteiger partial charge in [-0.05, 0) is 42.8 Å². The van der Waals surface area contributed by atoms with Gasteiger partial charge in [-0.1, -0.05) is 12.1 Å². The number of hydrogen-bond acceptors (Lipinski definition) is 3. The van der Waals surface area contributed by atoms with Crippen LogP contribution in [-0.4, -0.2) is 13.7 Å². The minimum Gasteiger partial charge on any atom is -0.496 e. The summed E-state index contributed by atoms with van der Waals surface area (Å²) in [4.78, 5) is 0. The number of hydrogen-bond donors (Lipinski definition) is 1. The van der Waals surface area contributed by atoms with Gasteiger partial charge in [0.05, 0.1) is 19.8 Å². The third kappa shape index (κ3) is 3.08. The third-order valence-electron chi connectivity index (χ3n) is 3.06. The Hall–Kier alpha value is -2.07. The van der Waals surface area contributed by atoms with Gasteiger partial charge in [0.2, 0.25) is 0 Å². The lowest BCUT2D eigenvalue weighted by molar-refractivity contribution is 0.339. The lowest BCUT2D eigenvalue weighted by Crippen LogP contribution is -2.13. The maximum absolute atomic E-state index is 13.4. The van der Waals surface area contributed by atoms with Gasteiger partial charge >= 0.3 is 0 Å². The number of methoxy groups -OCH3 is 1. The summed E-state index contributed by atoms with van der Waals surface area (Å²) in [5, 5.41) is 0. The molecule has 2 rings (SSSR count). The van der Waals surface area contributed by atoms with Crippen LogP contribution in [0.2, 0.25) is 0 Å². The van der Waals surface area contributed by atoms with Crippen LogP contribution in [0.1, 0.15) is 24.1 Å². The number of rotatable bonds is 5. The highest BCUT2D eigenvalue weighted by Crippen LogP contribution is 2.30. The quantitative estimate of drug-likeness (QED) is 0.910.